The highest BCUT2D eigenvalue weighted by molar-refractivity contribution is 5.95. The maximum absolute atomic E-state index is 13.0. The number of nitrogens with zero attached hydrogens (tertiary/aromatic N) is 3. The van der Waals surface area contributed by atoms with Crippen molar-refractivity contribution in [3.8, 4) is 11.4 Å². The van der Waals surface area contributed by atoms with Gasteiger partial charge in [-0.15, -0.1) is 0 Å². The molecule has 144 valence electrons. The van der Waals surface area contributed by atoms with Gasteiger partial charge in [0.15, 0.2) is 0 Å². The first-order chi connectivity index (χ1) is 13.1. The molecule has 1 aliphatic rings. The molecule has 1 saturated heterocycles. The van der Waals surface area contributed by atoms with Crippen molar-refractivity contribution in [1.82, 2.24) is 20.4 Å². The molecule has 3 rings (SSSR count). The van der Waals surface area contributed by atoms with Crippen LogP contribution in [0.15, 0.2) is 35.2 Å². The van der Waals surface area contributed by atoms with Crippen LogP contribution in [0.2, 0.25) is 0 Å². The first-order valence-corrected chi connectivity index (χ1v) is 9.04. The molecule has 2 aromatic rings. The minimum absolute atomic E-state index is 0.0239. The van der Waals surface area contributed by atoms with Gasteiger partial charge in [-0.3, -0.25) is 9.59 Å². The van der Waals surface area contributed by atoms with Crippen LogP contribution in [0.1, 0.15) is 30.1 Å². The minimum Gasteiger partial charge on any atom is -0.383 e. The fourth-order valence-electron chi connectivity index (χ4n) is 3.25. The van der Waals surface area contributed by atoms with Gasteiger partial charge in [-0.2, -0.15) is 4.98 Å². The Hall–Kier alpha value is -2.74. The predicted octanol–water partition coefficient (Wildman–Crippen LogP) is 1.74. The highest BCUT2D eigenvalue weighted by Crippen LogP contribution is 2.25. The second-order valence-corrected chi connectivity index (χ2v) is 6.70. The number of benzene rings is 1. The first-order valence-electron chi connectivity index (χ1n) is 9.04. The average molecular weight is 372 g/mol. The third-order valence-corrected chi connectivity index (χ3v) is 4.87. The van der Waals surface area contributed by atoms with Crippen LogP contribution in [0.3, 0.4) is 0 Å². The number of aromatic nitrogens is 2. The van der Waals surface area contributed by atoms with Gasteiger partial charge >= 0.3 is 0 Å². The van der Waals surface area contributed by atoms with Crippen LogP contribution in [0, 0.1) is 5.92 Å². The number of amides is 2. The molecule has 8 nitrogen and oxygen atoms in total. The summed E-state index contributed by atoms with van der Waals surface area (Å²) < 4.78 is 9.70. The van der Waals surface area contributed by atoms with Crippen LogP contribution in [0.5, 0.6) is 0 Å². The van der Waals surface area contributed by atoms with Crippen LogP contribution in [0.4, 0.5) is 0 Å². The van der Waals surface area contributed by atoms with E-state index in [-0.39, 0.29) is 23.8 Å². The van der Waals surface area contributed by atoms with Gasteiger partial charge in [-0.05, 0) is 31.9 Å². The molecule has 8 heteroatoms. The van der Waals surface area contributed by atoms with Gasteiger partial charge in [0.25, 0.3) is 5.91 Å². The first kappa shape index (κ1) is 19.0. The molecule has 0 saturated carbocycles. The summed E-state index contributed by atoms with van der Waals surface area (Å²) in [6.07, 6.45) is 2.84. The van der Waals surface area contributed by atoms with Crippen LogP contribution < -0.4 is 5.32 Å². The third-order valence-electron chi connectivity index (χ3n) is 4.87. The number of nitrogens with one attached hydrogen (secondary N) is 1. The number of likely N-dealkylation sites (tertiary alicyclic amines) is 1. The number of methoxy groups -OCH3 is 1. The van der Waals surface area contributed by atoms with E-state index < -0.39 is 0 Å². The van der Waals surface area contributed by atoms with Gasteiger partial charge < -0.3 is 19.5 Å². The van der Waals surface area contributed by atoms with Crippen molar-refractivity contribution in [2.45, 2.75) is 25.8 Å². The minimum atomic E-state index is -0.194. The summed E-state index contributed by atoms with van der Waals surface area (Å²) in [7, 11) is 1.60. The van der Waals surface area contributed by atoms with E-state index in [2.05, 4.69) is 15.5 Å². The summed E-state index contributed by atoms with van der Waals surface area (Å²) in [6, 6.07) is 7.19. The summed E-state index contributed by atoms with van der Waals surface area (Å²) in [5, 5.41) is 6.65. The molecule has 1 fully saturated rings. The summed E-state index contributed by atoms with van der Waals surface area (Å²) in [6.45, 7) is 3.40. The zero-order valence-electron chi connectivity index (χ0n) is 15.6. The molecule has 2 amide bonds. The lowest BCUT2D eigenvalue weighted by molar-refractivity contribution is -0.126. The van der Waals surface area contributed by atoms with E-state index in [0.717, 1.165) is 18.4 Å². The van der Waals surface area contributed by atoms with Crippen molar-refractivity contribution >= 4 is 11.8 Å². The van der Waals surface area contributed by atoms with Crippen molar-refractivity contribution in [2.24, 2.45) is 5.92 Å². The van der Waals surface area contributed by atoms with Crippen LogP contribution in [-0.4, -0.2) is 59.7 Å². The molecule has 0 unspecified atom stereocenters. The molecule has 0 aliphatic carbocycles. The lowest BCUT2D eigenvalue weighted by atomic mass is 9.92. The third kappa shape index (κ3) is 4.51. The SMILES string of the molecule is COCCNC(=O)[C@H]1CC[C@@H](C)N(C(=O)c2ccc(-c3ncon3)cc2)C1. The standard InChI is InChI=1S/C19H24N4O4/c1-13-3-4-16(18(24)20-9-10-26-2)11-23(13)19(25)15-7-5-14(6-8-15)17-21-12-27-22-17/h5-8,12-13,16H,3-4,9-11H2,1-2H3,(H,20,24)/t13-,16+/m1/s1. The van der Waals surface area contributed by atoms with Gasteiger partial charge in [-0.25, -0.2) is 0 Å². The molecule has 2 atom stereocenters. The molecule has 0 spiro atoms. The van der Waals surface area contributed by atoms with Gasteiger partial charge in [0.2, 0.25) is 18.1 Å². The number of hydrogen-bond acceptors (Lipinski definition) is 6. The van der Waals surface area contributed by atoms with Crippen LogP contribution >= 0.6 is 0 Å². The second-order valence-electron chi connectivity index (χ2n) is 6.70. The lowest BCUT2D eigenvalue weighted by Crippen LogP contribution is -2.49. The lowest BCUT2D eigenvalue weighted by Gasteiger charge is -2.37. The molecular weight excluding hydrogens is 348 g/mol. The molecule has 27 heavy (non-hydrogen) atoms. The Kier molecular flexibility index (Phi) is 6.18. The average Bonchev–Trinajstić information content (AvgIpc) is 3.23. The Morgan fingerprint density at radius 2 is 2.07 bits per heavy atom. The Balaban J connectivity index is 1.66. The van der Waals surface area contributed by atoms with E-state index in [1.165, 1.54) is 6.39 Å². The number of rotatable bonds is 6. The zero-order valence-corrected chi connectivity index (χ0v) is 15.6. The van der Waals surface area contributed by atoms with Gasteiger partial charge in [0, 0.05) is 37.4 Å². The Labute approximate surface area is 157 Å². The molecule has 0 bridgehead atoms. The molecular formula is C19H24N4O4. The summed E-state index contributed by atoms with van der Waals surface area (Å²) in [4.78, 5) is 31.1. The predicted molar refractivity (Wildman–Crippen MR) is 97.8 cm³/mol. The number of piperidine rings is 1. The molecule has 0 radical (unpaired) electrons. The quantitative estimate of drug-likeness (QED) is 0.776. The zero-order chi connectivity index (χ0) is 19.2. The topological polar surface area (TPSA) is 97.6 Å². The van der Waals surface area contributed by atoms with Crippen LogP contribution in [-0.2, 0) is 9.53 Å². The van der Waals surface area contributed by atoms with E-state index in [1.807, 2.05) is 6.92 Å². The molecule has 1 aromatic heterocycles. The van der Waals surface area contributed by atoms with Crippen molar-refractivity contribution in [1.29, 1.82) is 0 Å². The highest BCUT2D eigenvalue weighted by atomic mass is 16.5. The molecule has 1 aliphatic heterocycles. The fraction of sp³-hybridized carbons (Fsp3) is 0.474. The second kappa shape index (κ2) is 8.77. The smallest absolute Gasteiger partial charge is 0.254 e. The van der Waals surface area contributed by atoms with Crippen molar-refractivity contribution in [3.63, 3.8) is 0 Å². The number of ether oxygens (including phenoxy) is 1. The Morgan fingerprint density at radius 1 is 1.30 bits per heavy atom. The Morgan fingerprint density at radius 3 is 2.74 bits per heavy atom. The van der Waals surface area contributed by atoms with E-state index in [4.69, 9.17) is 9.26 Å². The summed E-state index contributed by atoms with van der Waals surface area (Å²) in [5.41, 5.74) is 1.36. The Bertz CT molecular complexity index is 761. The van der Waals surface area contributed by atoms with Crippen molar-refractivity contribution in [3.05, 3.63) is 36.2 Å². The maximum Gasteiger partial charge on any atom is 0.254 e. The van der Waals surface area contributed by atoms with Crippen LogP contribution in [0.25, 0.3) is 11.4 Å². The molecule has 1 aromatic carbocycles. The van der Waals surface area contributed by atoms with E-state index in [0.29, 0.717) is 31.1 Å². The summed E-state index contributed by atoms with van der Waals surface area (Å²) in [5.74, 6) is 0.189. The van der Waals surface area contributed by atoms with Gasteiger partial charge in [-0.1, -0.05) is 17.3 Å². The maximum atomic E-state index is 13.0. The largest absolute Gasteiger partial charge is 0.383 e. The van der Waals surface area contributed by atoms with Gasteiger partial charge in [0.1, 0.15) is 0 Å². The van der Waals surface area contributed by atoms with Crippen molar-refractivity contribution < 1.29 is 18.8 Å². The number of carbonyl (C=O) groups excluding carboxylic acids is 2. The monoisotopic (exact) mass is 372 g/mol. The highest BCUT2D eigenvalue weighted by Gasteiger charge is 2.32. The van der Waals surface area contributed by atoms with E-state index in [1.54, 1.807) is 36.3 Å². The number of carbonyl (C=O) groups is 2. The molecule has 2 heterocycles. The molecule has 1 N–H and O–H groups in total. The summed E-state index contributed by atoms with van der Waals surface area (Å²) >= 11 is 0. The number of hydrogen-bond donors (Lipinski definition) is 1. The van der Waals surface area contributed by atoms with Gasteiger partial charge in [0.05, 0.1) is 12.5 Å². The van der Waals surface area contributed by atoms with Crippen molar-refractivity contribution in [2.75, 3.05) is 26.8 Å². The normalized spacial score (nSPS) is 19.7. The van der Waals surface area contributed by atoms with E-state index >= 15 is 0 Å². The van der Waals surface area contributed by atoms with E-state index in [9.17, 15) is 9.59 Å². The fourth-order valence-corrected chi connectivity index (χ4v) is 3.25.